The molecule has 0 saturated carbocycles. The summed E-state index contributed by atoms with van der Waals surface area (Å²) < 4.78 is 55.0. The summed E-state index contributed by atoms with van der Waals surface area (Å²) in [5.74, 6) is -0.232. The second-order valence-corrected chi connectivity index (χ2v) is 8.60. The van der Waals surface area contributed by atoms with Crippen molar-refractivity contribution in [1.29, 1.82) is 0 Å². The van der Waals surface area contributed by atoms with Crippen LogP contribution in [0.25, 0.3) is 0 Å². The van der Waals surface area contributed by atoms with Gasteiger partial charge < -0.3 is 10.1 Å². The number of benzene rings is 2. The van der Waals surface area contributed by atoms with Gasteiger partial charge in [-0.15, -0.1) is 0 Å². The Morgan fingerprint density at radius 2 is 1.66 bits per heavy atom. The topological polar surface area (TPSA) is 75.7 Å². The number of rotatable bonds is 8. The largest absolute Gasteiger partial charge is 0.435 e. The second kappa shape index (κ2) is 9.32. The molecule has 0 spiro atoms. The number of hydrogen-bond acceptors (Lipinski definition) is 4. The van der Waals surface area contributed by atoms with Crippen LogP contribution >= 0.6 is 0 Å². The summed E-state index contributed by atoms with van der Waals surface area (Å²) in [4.78, 5) is 12.4. The Morgan fingerprint density at radius 3 is 2.24 bits per heavy atom. The van der Waals surface area contributed by atoms with Crippen molar-refractivity contribution < 1.29 is 26.7 Å². The molecule has 0 aliphatic carbocycles. The molecule has 0 atom stereocenters. The van der Waals surface area contributed by atoms with Crippen LogP contribution < -0.4 is 10.1 Å². The van der Waals surface area contributed by atoms with Crippen LogP contribution in [0.1, 0.15) is 28.8 Å². The van der Waals surface area contributed by atoms with Gasteiger partial charge >= 0.3 is 6.61 Å². The molecule has 0 bridgehead atoms. The smallest absolute Gasteiger partial charge is 0.387 e. The van der Waals surface area contributed by atoms with E-state index in [9.17, 15) is 22.0 Å². The molecule has 0 aromatic heterocycles. The number of amides is 1. The Morgan fingerprint density at radius 1 is 1.03 bits per heavy atom. The van der Waals surface area contributed by atoms with E-state index in [0.29, 0.717) is 31.6 Å². The Labute approximate surface area is 168 Å². The molecule has 0 unspecified atom stereocenters. The van der Waals surface area contributed by atoms with E-state index in [2.05, 4.69) is 10.1 Å². The third kappa shape index (κ3) is 5.51. The third-order valence-electron chi connectivity index (χ3n) is 4.67. The van der Waals surface area contributed by atoms with Crippen molar-refractivity contribution in [1.82, 2.24) is 9.62 Å². The number of ether oxygens (including phenoxy) is 1. The van der Waals surface area contributed by atoms with E-state index in [1.54, 1.807) is 12.1 Å². The molecule has 1 heterocycles. The quantitative estimate of drug-likeness (QED) is 0.707. The van der Waals surface area contributed by atoms with Gasteiger partial charge in [0.1, 0.15) is 5.75 Å². The van der Waals surface area contributed by atoms with Gasteiger partial charge in [0.25, 0.3) is 5.91 Å². The molecule has 1 saturated heterocycles. The van der Waals surface area contributed by atoms with E-state index < -0.39 is 16.6 Å². The highest BCUT2D eigenvalue weighted by atomic mass is 32.2. The average molecular weight is 424 g/mol. The number of carbonyl (C=O) groups is 1. The molecule has 156 valence electrons. The van der Waals surface area contributed by atoms with Crippen LogP contribution in [0.3, 0.4) is 0 Å². The number of carbonyl (C=O) groups excluding carboxylic acids is 1. The lowest BCUT2D eigenvalue weighted by molar-refractivity contribution is -0.0498. The van der Waals surface area contributed by atoms with Gasteiger partial charge in [0.15, 0.2) is 0 Å². The van der Waals surface area contributed by atoms with E-state index >= 15 is 0 Å². The molecule has 9 heteroatoms. The molecule has 3 rings (SSSR count). The molecule has 2 aromatic carbocycles. The number of hydrogen-bond donors (Lipinski definition) is 1. The highest BCUT2D eigenvalue weighted by Crippen LogP contribution is 2.21. The summed E-state index contributed by atoms with van der Waals surface area (Å²) >= 11 is 0. The Balaban J connectivity index is 1.52. The zero-order valence-electron chi connectivity index (χ0n) is 15.7. The van der Waals surface area contributed by atoms with E-state index in [-0.39, 0.29) is 16.6 Å². The fourth-order valence-electron chi connectivity index (χ4n) is 3.12. The lowest BCUT2D eigenvalue weighted by Crippen LogP contribution is -2.28. The fourth-order valence-corrected chi connectivity index (χ4v) is 4.63. The third-order valence-corrected chi connectivity index (χ3v) is 6.58. The van der Waals surface area contributed by atoms with Crippen LogP contribution in [-0.2, 0) is 16.4 Å². The maximum Gasteiger partial charge on any atom is 0.387 e. The van der Waals surface area contributed by atoms with E-state index in [1.165, 1.54) is 40.7 Å². The van der Waals surface area contributed by atoms with Crippen LogP contribution in [0.15, 0.2) is 53.4 Å². The average Bonchev–Trinajstić information content (AvgIpc) is 3.25. The first kappa shape index (κ1) is 21.2. The Kier molecular flexibility index (Phi) is 6.81. The SMILES string of the molecule is O=C(NCCc1ccc(OC(F)F)cc1)c1ccc(S(=O)(=O)N2CCCC2)cc1. The summed E-state index contributed by atoms with van der Waals surface area (Å²) in [7, 11) is -3.50. The summed E-state index contributed by atoms with van der Waals surface area (Å²) in [6.45, 7) is -1.46. The van der Waals surface area contributed by atoms with Crippen molar-refractivity contribution in [3.05, 3.63) is 59.7 Å². The molecule has 1 N–H and O–H groups in total. The molecule has 29 heavy (non-hydrogen) atoms. The summed E-state index contributed by atoms with van der Waals surface area (Å²) in [6, 6.07) is 12.1. The van der Waals surface area contributed by atoms with Gasteiger partial charge in [0, 0.05) is 25.2 Å². The fraction of sp³-hybridized carbons (Fsp3) is 0.350. The van der Waals surface area contributed by atoms with Crippen LogP contribution in [0.5, 0.6) is 5.75 Å². The van der Waals surface area contributed by atoms with Crippen LogP contribution in [0.2, 0.25) is 0 Å². The van der Waals surface area contributed by atoms with Gasteiger partial charge in [0.05, 0.1) is 4.90 Å². The predicted molar refractivity (Wildman–Crippen MR) is 104 cm³/mol. The minimum atomic E-state index is -3.50. The predicted octanol–water partition coefficient (Wildman–Crippen LogP) is 3.05. The van der Waals surface area contributed by atoms with Gasteiger partial charge in [-0.05, 0) is 61.2 Å². The van der Waals surface area contributed by atoms with Crippen molar-refractivity contribution in [2.24, 2.45) is 0 Å². The number of nitrogens with one attached hydrogen (secondary N) is 1. The molecule has 1 aliphatic heterocycles. The molecule has 1 fully saturated rings. The van der Waals surface area contributed by atoms with Crippen molar-refractivity contribution in [3.8, 4) is 5.75 Å². The van der Waals surface area contributed by atoms with Gasteiger partial charge in [-0.25, -0.2) is 8.42 Å². The van der Waals surface area contributed by atoms with Crippen molar-refractivity contribution in [2.45, 2.75) is 30.8 Å². The van der Waals surface area contributed by atoms with Gasteiger partial charge in [-0.3, -0.25) is 4.79 Å². The number of nitrogens with zero attached hydrogens (tertiary/aromatic N) is 1. The molecular formula is C20H22F2N2O4S. The van der Waals surface area contributed by atoms with Gasteiger partial charge in [-0.1, -0.05) is 12.1 Å². The maximum absolute atomic E-state index is 12.5. The first-order chi connectivity index (χ1) is 13.9. The van der Waals surface area contributed by atoms with Crippen molar-refractivity contribution in [2.75, 3.05) is 19.6 Å². The van der Waals surface area contributed by atoms with Crippen molar-refractivity contribution in [3.63, 3.8) is 0 Å². The Hall–Kier alpha value is -2.52. The molecule has 0 radical (unpaired) electrons. The van der Waals surface area contributed by atoms with E-state index in [0.717, 1.165) is 18.4 Å². The highest BCUT2D eigenvalue weighted by molar-refractivity contribution is 7.89. The molecule has 1 aliphatic rings. The van der Waals surface area contributed by atoms with E-state index in [1.807, 2.05) is 0 Å². The lowest BCUT2D eigenvalue weighted by atomic mass is 10.1. The van der Waals surface area contributed by atoms with Gasteiger partial charge in [0.2, 0.25) is 10.0 Å². The normalized spacial score (nSPS) is 14.9. The molecular weight excluding hydrogens is 402 g/mol. The minimum absolute atomic E-state index is 0.0803. The minimum Gasteiger partial charge on any atom is -0.435 e. The number of alkyl halides is 2. The zero-order valence-corrected chi connectivity index (χ0v) is 16.5. The first-order valence-electron chi connectivity index (χ1n) is 9.28. The number of sulfonamides is 1. The maximum atomic E-state index is 12.5. The lowest BCUT2D eigenvalue weighted by Gasteiger charge is -2.15. The molecule has 6 nitrogen and oxygen atoms in total. The second-order valence-electron chi connectivity index (χ2n) is 6.66. The summed E-state index contributed by atoms with van der Waals surface area (Å²) in [5.41, 5.74) is 1.23. The van der Waals surface area contributed by atoms with Crippen molar-refractivity contribution >= 4 is 15.9 Å². The van der Waals surface area contributed by atoms with Crippen LogP contribution in [-0.4, -0.2) is 44.9 Å². The van der Waals surface area contributed by atoms with Gasteiger partial charge in [-0.2, -0.15) is 13.1 Å². The summed E-state index contributed by atoms with van der Waals surface area (Å²) in [5, 5.41) is 2.76. The first-order valence-corrected chi connectivity index (χ1v) is 10.7. The highest BCUT2D eigenvalue weighted by Gasteiger charge is 2.27. The monoisotopic (exact) mass is 424 g/mol. The Bertz CT molecular complexity index is 926. The number of halogens is 2. The van der Waals surface area contributed by atoms with Crippen LogP contribution in [0.4, 0.5) is 8.78 Å². The van der Waals surface area contributed by atoms with E-state index in [4.69, 9.17) is 0 Å². The standard InChI is InChI=1S/C20H22F2N2O4S/c21-20(22)28-17-7-3-15(4-8-17)11-12-23-19(25)16-5-9-18(10-6-16)29(26,27)24-13-1-2-14-24/h3-10,20H,1-2,11-14H2,(H,23,25). The summed E-state index contributed by atoms with van der Waals surface area (Å²) in [6.07, 6.45) is 2.24. The van der Waals surface area contributed by atoms with Crippen LogP contribution in [0, 0.1) is 0 Å². The zero-order chi connectivity index (χ0) is 20.9. The molecule has 2 aromatic rings. The molecule has 1 amide bonds.